The highest BCUT2D eigenvalue weighted by molar-refractivity contribution is 5.39. The maximum absolute atomic E-state index is 5.80. The lowest BCUT2D eigenvalue weighted by atomic mass is 10.3. The number of nitrogens with one attached hydrogen (secondary N) is 1. The van der Waals surface area contributed by atoms with Crippen LogP contribution in [-0.2, 0) is 0 Å². The molecule has 1 aromatic rings. The number of hydrogen-bond donors (Lipinski definition) is 1. The first-order chi connectivity index (χ1) is 10.3. The molecular weight excluding hydrogens is 264 g/mol. The second-order valence-electron chi connectivity index (χ2n) is 5.52. The highest BCUT2D eigenvalue weighted by Gasteiger charge is 2.17. The number of likely N-dealkylation sites (tertiary alicyclic amines) is 1. The Bertz CT molecular complexity index is 406. The van der Waals surface area contributed by atoms with Crippen LogP contribution in [0.15, 0.2) is 24.3 Å². The largest absolute Gasteiger partial charge is 0.490 e. The maximum Gasteiger partial charge on any atom is 0.161 e. The van der Waals surface area contributed by atoms with E-state index in [9.17, 15) is 0 Å². The summed E-state index contributed by atoms with van der Waals surface area (Å²) < 4.78 is 11.3. The molecular formula is C17H28N2O2. The predicted octanol–water partition coefficient (Wildman–Crippen LogP) is 2.54. The lowest BCUT2D eigenvalue weighted by molar-refractivity contribution is 0.241. The minimum Gasteiger partial charge on any atom is -0.490 e. The molecule has 1 aliphatic heterocycles. The van der Waals surface area contributed by atoms with E-state index in [1.54, 1.807) is 0 Å². The summed E-state index contributed by atoms with van der Waals surface area (Å²) in [6.45, 7) is 9.99. The van der Waals surface area contributed by atoms with Gasteiger partial charge >= 0.3 is 0 Å². The lowest BCUT2D eigenvalue weighted by Gasteiger charge is -2.24. The van der Waals surface area contributed by atoms with E-state index in [4.69, 9.17) is 9.47 Å². The van der Waals surface area contributed by atoms with E-state index in [1.807, 2.05) is 31.2 Å². The summed E-state index contributed by atoms with van der Waals surface area (Å²) in [5.41, 5.74) is 0. The second kappa shape index (κ2) is 8.90. The van der Waals surface area contributed by atoms with Crippen molar-refractivity contribution in [3.05, 3.63) is 24.3 Å². The van der Waals surface area contributed by atoms with E-state index in [2.05, 4.69) is 17.1 Å². The van der Waals surface area contributed by atoms with Crippen molar-refractivity contribution < 1.29 is 9.47 Å². The van der Waals surface area contributed by atoms with Gasteiger partial charge < -0.3 is 14.8 Å². The molecule has 1 aromatic carbocycles. The van der Waals surface area contributed by atoms with Crippen molar-refractivity contribution in [2.75, 3.05) is 39.4 Å². The molecule has 4 heteroatoms. The molecule has 0 bridgehead atoms. The number of nitrogens with zero attached hydrogens (tertiary/aromatic N) is 1. The Morgan fingerprint density at radius 3 is 2.48 bits per heavy atom. The van der Waals surface area contributed by atoms with Crippen LogP contribution in [0.1, 0.15) is 26.7 Å². The first-order valence-corrected chi connectivity index (χ1v) is 8.10. The minimum atomic E-state index is 0.614. The molecule has 0 aliphatic carbocycles. The summed E-state index contributed by atoms with van der Waals surface area (Å²) in [5, 5.41) is 3.48. The van der Waals surface area contributed by atoms with E-state index in [-0.39, 0.29) is 0 Å². The average Bonchev–Trinajstić information content (AvgIpc) is 3.03. The van der Waals surface area contributed by atoms with Crippen LogP contribution in [0.3, 0.4) is 0 Å². The van der Waals surface area contributed by atoms with Crippen LogP contribution < -0.4 is 14.8 Å². The molecule has 0 amide bonds. The van der Waals surface area contributed by atoms with Gasteiger partial charge in [0.1, 0.15) is 6.61 Å². The van der Waals surface area contributed by atoms with Gasteiger partial charge in [-0.15, -0.1) is 0 Å². The predicted molar refractivity (Wildman–Crippen MR) is 86.2 cm³/mol. The summed E-state index contributed by atoms with van der Waals surface area (Å²) in [7, 11) is 0. The molecule has 1 aliphatic rings. The fourth-order valence-corrected chi connectivity index (χ4v) is 2.70. The number of para-hydroxylation sites is 2. The molecule has 1 saturated heterocycles. The Kier molecular flexibility index (Phi) is 6.83. The third-order valence-corrected chi connectivity index (χ3v) is 3.89. The van der Waals surface area contributed by atoms with E-state index in [0.29, 0.717) is 19.3 Å². The second-order valence-corrected chi connectivity index (χ2v) is 5.52. The molecule has 1 fully saturated rings. The van der Waals surface area contributed by atoms with Crippen molar-refractivity contribution in [1.29, 1.82) is 0 Å². The van der Waals surface area contributed by atoms with E-state index in [1.165, 1.54) is 25.9 Å². The Hall–Kier alpha value is -1.26. The monoisotopic (exact) mass is 292 g/mol. The summed E-state index contributed by atoms with van der Waals surface area (Å²) in [4.78, 5) is 2.55. The first-order valence-electron chi connectivity index (χ1n) is 8.10. The van der Waals surface area contributed by atoms with Gasteiger partial charge in [-0.3, -0.25) is 4.90 Å². The van der Waals surface area contributed by atoms with Crippen LogP contribution >= 0.6 is 0 Å². The Morgan fingerprint density at radius 2 is 1.81 bits per heavy atom. The summed E-state index contributed by atoms with van der Waals surface area (Å²) in [5.74, 6) is 1.65. The van der Waals surface area contributed by atoms with Gasteiger partial charge in [-0.05, 0) is 51.9 Å². The Balaban J connectivity index is 1.63. The number of benzene rings is 1. The molecule has 1 N–H and O–H groups in total. The highest BCUT2D eigenvalue weighted by atomic mass is 16.5. The fourth-order valence-electron chi connectivity index (χ4n) is 2.70. The molecule has 0 saturated carbocycles. The quantitative estimate of drug-likeness (QED) is 0.709. The number of ether oxygens (including phenoxy) is 2. The molecule has 4 nitrogen and oxygen atoms in total. The van der Waals surface area contributed by atoms with Gasteiger partial charge in [0, 0.05) is 19.1 Å². The van der Waals surface area contributed by atoms with Gasteiger partial charge in [0.05, 0.1) is 6.61 Å². The van der Waals surface area contributed by atoms with Crippen LogP contribution in [0.4, 0.5) is 0 Å². The zero-order valence-corrected chi connectivity index (χ0v) is 13.3. The Labute approximate surface area is 128 Å². The smallest absolute Gasteiger partial charge is 0.161 e. The van der Waals surface area contributed by atoms with Crippen molar-refractivity contribution in [2.45, 2.75) is 32.7 Å². The third kappa shape index (κ3) is 5.21. The van der Waals surface area contributed by atoms with Gasteiger partial charge in [0.15, 0.2) is 11.5 Å². The zero-order chi connectivity index (χ0) is 14.9. The van der Waals surface area contributed by atoms with Crippen LogP contribution in [0.25, 0.3) is 0 Å². The Morgan fingerprint density at radius 1 is 1.14 bits per heavy atom. The molecule has 0 radical (unpaired) electrons. The van der Waals surface area contributed by atoms with E-state index >= 15 is 0 Å². The van der Waals surface area contributed by atoms with Crippen LogP contribution in [0, 0.1) is 0 Å². The molecule has 1 atom stereocenters. The number of hydrogen-bond acceptors (Lipinski definition) is 4. The first kappa shape index (κ1) is 16.1. The molecule has 118 valence electrons. The maximum atomic E-state index is 5.80. The fraction of sp³-hybridized carbons (Fsp3) is 0.647. The molecule has 0 aromatic heterocycles. The van der Waals surface area contributed by atoms with Crippen molar-refractivity contribution >= 4 is 0 Å². The summed E-state index contributed by atoms with van der Waals surface area (Å²) in [6.07, 6.45) is 2.70. The molecule has 2 rings (SSSR count). The van der Waals surface area contributed by atoms with Gasteiger partial charge in [0.25, 0.3) is 0 Å². The molecule has 0 spiro atoms. The van der Waals surface area contributed by atoms with E-state index < -0.39 is 0 Å². The highest BCUT2D eigenvalue weighted by Crippen LogP contribution is 2.25. The van der Waals surface area contributed by atoms with Crippen LogP contribution in [0.5, 0.6) is 11.5 Å². The summed E-state index contributed by atoms with van der Waals surface area (Å²) in [6, 6.07) is 8.46. The van der Waals surface area contributed by atoms with E-state index in [0.717, 1.165) is 24.6 Å². The molecule has 1 heterocycles. The molecule has 1 unspecified atom stereocenters. The lowest BCUT2D eigenvalue weighted by Crippen LogP contribution is -2.39. The van der Waals surface area contributed by atoms with Crippen molar-refractivity contribution in [3.63, 3.8) is 0 Å². The SMILES string of the molecule is CCOc1ccccc1OCCNCC(C)N1CCCC1. The van der Waals surface area contributed by atoms with Gasteiger partial charge in [-0.1, -0.05) is 12.1 Å². The normalized spacial score (nSPS) is 16.9. The van der Waals surface area contributed by atoms with Crippen LogP contribution in [0.2, 0.25) is 0 Å². The zero-order valence-electron chi connectivity index (χ0n) is 13.3. The standard InChI is InChI=1S/C17H28N2O2/c1-3-20-16-8-4-5-9-17(16)21-13-10-18-14-15(2)19-11-6-7-12-19/h4-5,8-9,15,18H,3,6-7,10-14H2,1-2H3. The topological polar surface area (TPSA) is 33.7 Å². The average molecular weight is 292 g/mol. The van der Waals surface area contributed by atoms with Gasteiger partial charge in [-0.2, -0.15) is 0 Å². The van der Waals surface area contributed by atoms with Crippen molar-refractivity contribution in [2.24, 2.45) is 0 Å². The third-order valence-electron chi connectivity index (χ3n) is 3.89. The number of rotatable bonds is 9. The van der Waals surface area contributed by atoms with Crippen LogP contribution in [-0.4, -0.2) is 50.3 Å². The van der Waals surface area contributed by atoms with Gasteiger partial charge in [0.2, 0.25) is 0 Å². The van der Waals surface area contributed by atoms with Crippen molar-refractivity contribution in [1.82, 2.24) is 10.2 Å². The minimum absolute atomic E-state index is 0.614. The van der Waals surface area contributed by atoms with Gasteiger partial charge in [-0.25, -0.2) is 0 Å². The summed E-state index contributed by atoms with van der Waals surface area (Å²) >= 11 is 0. The van der Waals surface area contributed by atoms with Crippen molar-refractivity contribution in [3.8, 4) is 11.5 Å². The molecule has 21 heavy (non-hydrogen) atoms.